The highest BCUT2D eigenvalue weighted by atomic mass is 32.1. The lowest BCUT2D eigenvalue weighted by Crippen LogP contribution is -2.25. The van der Waals surface area contributed by atoms with Crippen LogP contribution in [0.5, 0.6) is 11.6 Å². The van der Waals surface area contributed by atoms with Crippen molar-refractivity contribution in [2.75, 3.05) is 0 Å². The Morgan fingerprint density at radius 3 is 2.55 bits per heavy atom. The zero-order valence-electron chi connectivity index (χ0n) is 15.4. The molecule has 0 aliphatic rings. The third-order valence-corrected chi connectivity index (χ3v) is 4.54. The monoisotopic (exact) mass is 402 g/mol. The Morgan fingerprint density at radius 2 is 1.79 bits per heavy atom. The van der Waals surface area contributed by atoms with Crippen LogP contribution in [-0.2, 0) is 6.54 Å². The van der Waals surface area contributed by atoms with Crippen LogP contribution in [0, 0.1) is 4.77 Å². The van der Waals surface area contributed by atoms with Crippen LogP contribution in [0.1, 0.15) is 16.1 Å². The van der Waals surface area contributed by atoms with Crippen molar-refractivity contribution in [3.05, 3.63) is 101 Å². The molecule has 2 aromatic carbocycles. The molecule has 2 N–H and O–H groups in total. The molecule has 2 aromatic heterocycles. The molecule has 1 amide bonds. The van der Waals surface area contributed by atoms with Gasteiger partial charge in [-0.3, -0.25) is 9.36 Å². The van der Waals surface area contributed by atoms with Gasteiger partial charge in [-0.25, -0.2) is 4.98 Å². The van der Waals surface area contributed by atoms with E-state index in [1.807, 2.05) is 66.7 Å². The van der Waals surface area contributed by atoms with Crippen LogP contribution >= 0.6 is 12.2 Å². The van der Waals surface area contributed by atoms with Crippen molar-refractivity contribution in [2.45, 2.75) is 6.54 Å². The number of hydrogen-bond donors (Lipinski definition) is 2. The van der Waals surface area contributed by atoms with Crippen molar-refractivity contribution in [1.82, 2.24) is 19.9 Å². The van der Waals surface area contributed by atoms with Gasteiger partial charge in [-0.05, 0) is 48.1 Å². The summed E-state index contributed by atoms with van der Waals surface area (Å²) in [6, 6.07) is 22.6. The van der Waals surface area contributed by atoms with Crippen LogP contribution in [0.15, 0.2) is 85.2 Å². The number of carbonyl (C=O) groups is 1. The van der Waals surface area contributed by atoms with Crippen molar-refractivity contribution < 1.29 is 9.53 Å². The molecule has 0 radical (unpaired) electrons. The molecule has 4 aromatic rings. The SMILES string of the molecule is O=C(NCc1ccnc(Oc2ccccc2)c1)c1c[nH]c(=S)n1-c1ccccc1. The summed E-state index contributed by atoms with van der Waals surface area (Å²) in [4.78, 5) is 19.9. The Labute approximate surface area is 172 Å². The Morgan fingerprint density at radius 1 is 1.07 bits per heavy atom. The highest BCUT2D eigenvalue weighted by Crippen LogP contribution is 2.19. The lowest BCUT2D eigenvalue weighted by molar-refractivity contribution is 0.0944. The normalized spacial score (nSPS) is 10.5. The minimum absolute atomic E-state index is 0.233. The average Bonchev–Trinajstić information content (AvgIpc) is 3.15. The summed E-state index contributed by atoms with van der Waals surface area (Å²) >= 11 is 5.33. The molecule has 0 fully saturated rings. The van der Waals surface area contributed by atoms with E-state index < -0.39 is 0 Å². The zero-order valence-corrected chi connectivity index (χ0v) is 16.2. The van der Waals surface area contributed by atoms with Gasteiger partial charge >= 0.3 is 0 Å². The first-order valence-corrected chi connectivity index (χ1v) is 9.43. The number of para-hydroxylation sites is 2. The minimum Gasteiger partial charge on any atom is -0.439 e. The number of ether oxygens (including phenoxy) is 1. The molecule has 0 unspecified atom stereocenters. The van der Waals surface area contributed by atoms with E-state index in [4.69, 9.17) is 17.0 Å². The molecule has 2 heterocycles. The molecule has 29 heavy (non-hydrogen) atoms. The van der Waals surface area contributed by atoms with Gasteiger partial charge in [0.05, 0.1) is 0 Å². The van der Waals surface area contributed by atoms with Gasteiger partial charge in [-0.15, -0.1) is 0 Å². The molecule has 0 atom stereocenters. The fraction of sp³-hybridized carbons (Fsp3) is 0.0455. The summed E-state index contributed by atoms with van der Waals surface area (Å²) in [6.07, 6.45) is 3.27. The largest absolute Gasteiger partial charge is 0.439 e. The standard InChI is InChI=1S/C22H18N4O2S/c27-21(19-15-25-22(29)26(19)17-7-3-1-4-8-17)24-14-16-11-12-23-20(13-16)28-18-9-5-2-6-10-18/h1-13,15H,14H2,(H,24,27)(H,25,29). The van der Waals surface area contributed by atoms with Gasteiger partial charge in [-0.2, -0.15) is 0 Å². The highest BCUT2D eigenvalue weighted by molar-refractivity contribution is 7.71. The quantitative estimate of drug-likeness (QED) is 0.461. The van der Waals surface area contributed by atoms with Crippen LogP contribution in [0.2, 0.25) is 0 Å². The van der Waals surface area contributed by atoms with Gasteiger partial charge in [0.15, 0.2) is 4.77 Å². The number of H-pyrrole nitrogens is 1. The first kappa shape index (κ1) is 18.6. The van der Waals surface area contributed by atoms with Crippen LogP contribution < -0.4 is 10.1 Å². The molecule has 0 bridgehead atoms. The van der Waals surface area contributed by atoms with Gasteiger partial charge in [0.2, 0.25) is 5.88 Å². The van der Waals surface area contributed by atoms with Gasteiger partial charge in [-0.1, -0.05) is 36.4 Å². The summed E-state index contributed by atoms with van der Waals surface area (Å²) in [5, 5.41) is 2.92. The fourth-order valence-corrected chi connectivity index (χ4v) is 3.13. The maximum absolute atomic E-state index is 12.8. The van der Waals surface area contributed by atoms with Crippen molar-refractivity contribution in [1.29, 1.82) is 0 Å². The van der Waals surface area contributed by atoms with Gasteiger partial charge in [0.1, 0.15) is 11.4 Å². The molecule has 0 saturated carbocycles. The Kier molecular flexibility index (Phi) is 5.49. The number of aromatic amines is 1. The number of aromatic nitrogens is 3. The fourth-order valence-electron chi connectivity index (χ4n) is 2.87. The van der Waals surface area contributed by atoms with Gasteiger partial charge in [0.25, 0.3) is 5.91 Å². The average molecular weight is 402 g/mol. The molecule has 6 nitrogen and oxygen atoms in total. The second-order valence-corrected chi connectivity index (χ2v) is 6.64. The lowest BCUT2D eigenvalue weighted by atomic mass is 10.2. The van der Waals surface area contributed by atoms with Crippen LogP contribution in [-0.4, -0.2) is 20.4 Å². The number of benzene rings is 2. The summed E-state index contributed by atoms with van der Waals surface area (Å²) in [5.74, 6) is 0.940. The summed E-state index contributed by atoms with van der Waals surface area (Å²) in [5.41, 5.74) is 2.14. The molecule has 0 spiro atoms. The van der Waals surface area contributed by atoms with E-state index in [1.54, 1.807) is 23.0 Å². The van der Waals surface area contributed by atoms with E-state index in [1.165, 1.54) is 0 Å². The molecule has 4 rings (SSSR count). The van der Waals surface area contributed by atoms with Gasteiger partial charge < -0.3 is 15.0 Å². The molecule has 0 aliphatic carbocycles. The highest BCUT2D eigenvalue weighted by Gasteiger charge is 2.14. The Bertz CT molecular complexity index is 1170. The predicted octanol–water partition coefficient (Wildman–Crippen LogP) is 4.65. The first-order valence-electron chi connectivity index (χ1n) is 9.02. The summed E-state index contributed by atoms with van der Waals surface area (Å²) < 4.78 is 7.92. The number of nitrogens with one attached hydrogen (secondary N) is 2. The van der Waals surface area contributed by atoms with Crippen molar-refractivity contribution in [3.8, 4) is 17.3 Å². The summed E-state index contributed by atoms with van der Waals surface area (Å²) in [7, 11) is 0. The maximum atomic E-state index is 12.8. The summed E-state index contributed by atoms with van der Waals surface area (Å²) in [6.45, 7) is 0.333. The molecule has 7 heteroatoms. The minimum atomic E-state index is -0.233. The number of nitrogens with zero attached hydrogens (tertiary/aromatic N) is 2. The van der Waals surface area contributed by atoms with Crippen LogP contribution in [0.4, 0.5) is 0 Å². The second kappa shape index (κ2) is 8.53. The number of hydrogen-bond acceptors (Lipinski definition) is 4. The predicted molar refractivity (Wildman–Crippen MR) is 113 cm³/mol. The third-order valence-electron chi connectivity index (χ3n) is 4.24. The van der Waals surface area contributed by atoms with Gasteiger partial charge in [0, 0.05) is 30.7 Å². The Hall–Kier alpha value is -3.71. The van der Waals surface area contributed by atoms with E-state index >= 15 is 0 Å². The number of amides is 1. The number of carbonyl (C=O) groups excluding carboxylic acids is 1. The van der Waals surface area contributed by atoms with Crippen LogP contribution in [0.3, 0.4) is 0 Å². The molecular formula is C22H18N4O2S. The van der Waals surface area contributed by atoms with E-state index in [9.17, 15) is 4.79 Å². The van der Waals surface area contributed by atoms with Crippen molar-refractivity contribution in [3.63, 3.8) is 0 Å². The third kappa shape index (κ3) is 4.41. The maximum Gasteiger partial charge on any atom is 0.270 e. The lowest BCUT2D eigenvalue weighted by Gasteiger charge is -2.10. The molecule has 0 aliphatic heterocycles. The van der Waals surface area contributed by atoms with Crippen LogP contribution in [0.25, 0.3) is 5.69 Å². The van der Waals surface area contributed by atoms with E-state index in [-0.39, 0.29) is 5.91 Å². The first-order chi connectivity index (χ1) is 14.2. The second-order valence-electron chi connectivity index (χ2n) is 6.25. The molecule has 0 saturated heterocycles. The van der Waals surface area contributed by atoms with Crippen molar-refractivity contribution in [2.24, 2.45) is 0 Å². The number of pyridine rings is 1. The Balaban J connectivity index is 1.47. The number of rotatable bonds is 6. The molecule has 144 valence electrons. The molecular weight excluding hydrogens is 384 g/mol. The van der Waals surface area contributed by atoms with Crippen molar-refractivity contribution >= 4 is 18.1 Å². The van der Waals surface area contributed by atoms with E-state index in [0.717, 1.165) is 11.3 Å². The van der Waals surface area contributed by atoms with E-state index in [0.29, 0.717) is 28.6 Å². The smallest absolute Gasteiger partial charge is 0.270 e. The van der Waals surface area contributed by atoms with E-state index in [2.05, 4.69) is 15.3 Å². The number of imidazole rings is 1. The topological polar surface area (TPSA) is 71.9 Å². The zero-order chi connectivity index (χ0) is 20.1.